The third-order valence-corrected chi connectivity index (χ3v) is 4.90. The van der Waals surface area contributed by atoms with Gasteiger partial charge in [-0.25, -0.2) is 0 Å². The van der Waals surface area contributed by atoms with E-state index in [1.807, 2.05) is 18.2 Å². The molecule has 158 valence electrons. The minimum Gasteiger partial charge on any atom is -0.411 e. The molecule has 0 aliphatic rings. The van der Waals surface area contributed by atoms with Gasteiger partial charge < -0.3 is 4.42 Å². The van der Waals surface area contributed by atoms with Crippen LogP contribution in [0, 0.1) is 10.1 Å². The summed E-state index contributed by atoms with van der Waals surface area (Å²) in [5, 5.41) is 23.1. The number of nitro benzene ring substituents is 1. The topological polar surface area (TPSA) is 136 Å². The second-order valence-electron chi connectivity index (χ2n) is 6.24. The molecular formula is C21H14N6O4S. The smallest absolute Gasteiger partial charge is 0.283 e. The molecule has 0 radical (unpaired) electrons. The van der Waals surface area contributed by atoms with E-state index in [2.05, 4.69) is 25.7 Å². The van der Waals surface area contributed by atoms with Crippen LogP contribution in [0.3, 0.4) is 0 Å². The van der Waals surface area contributed by atoms with Crippen LogP contribution >= 0.6 is 11.8 Å². The number of hydrogen-bond acceptors (Lipinski definition) is 10. The molecule has 0 fully saturated rings. The van der Waals surface area contributed by atoms with Crippen molar-refractivity contribution in [3.8, 4) is 11.5 Å². The summed E-state index contributed by atoms with van der Waals surface area (Å²) in [6.07, 6.45) is 3.01. The van der Waals surface area contributed by atoms with Crippen molar-refractivity contribution >= 4 is 34.0 Å². The summed E-state index contributed by atoms with van der Waals surface area (Å²) >= 11 is 0.896. The maximum Gasteiger partial charge on any atom is 0.283 e. The quantitative estimate of drug-likeness (QED) is 0.109. The van der Waals surface area contributed by atoms with E-state index < -0.39 is 4.92 Å². The number of rotatable bonds is 7. The number of non-ortho nitro benzene ring substituents is 1. The van der Waals surface area contributed by atoms with E-state index in [1.165, 1.54) is 30.5 Å². The third kappa shape index (κ3) is 5.02. The number of thioether (sulfide) groups is 1. The molecule has 11 heteroatoms. The molecule has 0 saturated carbocycles. The van der Waals surface area contributed by atoms with Crippen molar-refractivity contribution in [3.05, 3.63) is 94.8 Å². The summed E-state index contributed by atoms with van der Waals surface area (Å²) in [5.41, 5.74) is 4.35. The zero-order chi connectivity index (χ0) is 22.3. The van der Waals surface area contributed by atoms with Gasteiger partial charge in [-0.05, 0) is 48.2 Å². The van der Waals surface area contributed by atoms with Crippen molar-refractivity contribution in [1.82, 2.24) is 15.2 Å². The molecule has 2 aromatic heterocycles. The summed E-state index contributed by atoms with van der Waals surface area (Å²) < 4.78 is 5.63. The highest BCUT2D eigenvalue weighted by Crippen LogP contribution is 2.26. The first-order valence-corrected chi connectivity index (χ1v) is 10.0. The first kappa shape index (κ1) is 20.9. The number of nitrogens with zero attached hydrogens (tertiary/aromatic N) is 5. The average molecular weight is 446 g/mol. The Morgan fingerprint density at radius 1 is 1.03 bits per heavy atom. The van der Waals surface area contributed by atoms with E-state index in [0.717, 1.165) is 11.8 Å². The first-order valence-electron chi connectivity index (χ1n) is 9.20. The highest BCUT2D eigenvalue weighted by Gasteiger charge is 2.20. The van der Waals surface area contributed by atoms with Gasteiger partial charge in [0, 0.05) is 35.7 Å². The maximum atomic E-state index is 13.0. The number of carbonyl (C=O) groups is 1. The molecule has 0 saturated heterocycles. The fourth-order valence-corrected chi connectivity index (χ4v) is 3.21. The zero-order valence-corrected chi connectivity index (χ0v) is 17.1. The third-order valence-electron chi connectivity index (χ3n) is 4.09. The Bertz CT molecular complexity index is 1260. The number of benzene rings is 2. The van der Waals surface area contributed by atoms with Crippen molar-refractivity contribution in [2.75, 3.05) is 5.43 Å². The highest BCUT2D eigenvalue weighted by atomic mass is 32.2. The van der Waals surface area contributed by atoms with Crippen molar-refractivity contribution in [2.24, 2.45) is 5.10 Å². The lowest BCUT2D eigenvalue weighted by Gasteiger charge is -2.05. The Morgan fingerprint density at radius 3 is 2.50 bits per heavy atom. The number of pyridine rings is 1. The van der Waals surface area contributed by atoms with Gasteiger partial charge in [0.1, 0.15) is 0 Å². The summed E-state index contributed by atoms with van der Waals surface area (Å²) in [6, 6.07) is 18.1. The van der Waals surface area contributed by atoms with Gasteiger partial charge in [0.15, 0.2) is 5.04 Å². The van der Waals surface area contributed by atoms with Crippen LogP contribution in [0.2, 0.25) is 0 Å². The molecule has 0 bridgehead atoms. The van der Waals surface area contributed by atoms with Crippen molar-refractivity contribution < 1.29 is 14.1 Å². The Hall–Kier alpha value is -4.38. The molecule has 4 rings (SSSR count). The molecule has 2 aromatic carbocycles. The molecule has 4 aromatic rings. The number of nitrogens with one attached hydrogen (secondary N) is 1. The molecule has 10 nitrogen and oxygen atoms in total. The van der Waals surface area contributed by atoms with Gasteiger partial charge >= 0.3 is 0 Å². The SMILES string of the molecule is O=C(C(=NNc1ccccc1)Sc1nnc(-c2ccc([N+](=O)[O-])cc2)o1)c1cccnc1. The molecule has 1 N–H and O–H groups in total. The molecule has 0 unspecified atom stereocenters. The molecule has 0 atom stereocenters. The number of anilines is 1. The predicted molar refractivity (Wildman–Crippen MR) is 118 cm³/mol. The Balaban J connectivity index is 1.58. The lowest BCUT2D eigenvalue weighted by atomic mass is 10.2. The van der Waals surface area contributed by atoms with Gasteiger partial charge in [0.2, 0.25) is 11.7 Å². The van der Waals surface area contributed by atoms with Crippen LogP contribution in [0.4, 0.5) is 11.4 Å². The van der Waals surface area contributed by atoms with Gasteiger partial charge in [0.05, 0.1) is 10.6 Å². The minimum absolute atomic E-state index is 0.0497. The van der Waals surface area contributed by atoms with Crippen LogP contribution in [0.25, 0.3) is 11.5 Å². The van der Waals surface area contributed by atoms with Gasteiger partial charge in [0.25, 0.3) is 10.9 Å². The molecule has 0 aliphatic carbocycles. The van der Waals surface area contributed by atoms with Gasteiger partial charge in [-0.2, -0.15) is 5.10 Å². The van der Waals surface area contributed by atoms with E-state index >= 15 is 0 Å². The van der Waals surface area contributed by atoms with E-state index in [9.17, 15) is 14.9 Å². The minimum atomic E-state index is -0.495. The molecule has 2 heterocycles. The number of nitro groups is 1. The molecule has 0 amide bonds. The number of carbonyl (C=O) groups excluding carboxylic acids is 1. The van der Waals surface area contributed by atoms with Crippen molar-refractivity contribution in [1.29, 1.82) is 0 Å². The molecule has 0 aliphatic heterocycles. The van der Waals surface area contributed by atoms with Crippen molar-refractivity contribution in [3.63, 3.8) is 0 Å². The fraction of sp³-hybridized carbons (Fsp3) is 0. The van der Waals surface area contributed by atoms with Crippen LogP contribution < -0.4 is 5.43 Å². The Morgan fingerprint density at radius 2 is 1.81 bits per heavy atom. The van der Waals surface area contributed by atoms with Crippen LogP contribution in [-0.2, 0) is 0 Å². The van der Waals surface area contributed by atoms with E-state index in [-0.39, 0.29) is 27.6 Å². The number of Topliss-reactive ketones (excluding diaryl/α,β-unsaturated/α-hetero) is 1. The fourth-order valence-electron chi connectivity index (χ4n) is 2.54. The number of aromatic nitrogens is 3. The van der Waals surface area contributed by atoms with E-state index in [1.54, 1.807) is 30.5 Å². The molecule has 0 spiro atoms. The number of hydrazone groups is 1. The summed E-state index contributed by atoms with van der Waals surface area (Å²) in [7, 11) is 0. The second kappa shape index (κ2) is 9.62. The first-order chi connectivity index (χ1) is 15.6. The normalized spacial score (nSPS) is 11.2. The van der Waals surface area contributed by atoms with Crippen LogP contribution in [-0.4, -0.2) is 30.9 Å². The molecular weight excluding hydrogens is 432 g/mol. The second-order valence-corrected chi connectivity index (χ2v) is 7.18. The lowest BCUT2D eigenvalue weighted by Crippen LogP contribution is -2.13. The zero-order valence-electron chi connectivity index (χ0n) is 16.3. The van der Waals surface area contributed by atoms with Crippen LogP contribution in [0.15, 0.2) is 93.9 Å². The number of hydrogen-bond donors (Lipinski definition) is 1. The van der Waals surface area contributed by atoms with Crippen LogP contribution in [0.5, 0.6) is 0 Å². The van der Waals surface area contributed by atoms with Gasteiger partial charge in [-0.1, -0.05) is 18.2 Å². The van der Waals surface area contributed by atoms with Crippen molar-refractivity contribution in [2.45, 2.75) is 5.22 Å². The maximum absolute atomic E-state index is 13.0. The largest absolute Gasteiger partial charge is 0.411 e. The van der Waals surface area contributed by atoms with E-state index in [4.69, 9.17) is 4.42 Å². The average Bonchev–Trinajstić information content (AvgIpc) is 3.31. The van der Waals surface area contributed by atoms with Crippen LogP contribution in [0.1, 0.15) is 10.4 Å². The number of para-hydroxylation sites is 1. The number of ketones is 1. The summed E-state index contributed by atoms with van der Waals surface area (Å²) in [5.74, 6) is -0.215. The Kier molecular flexibility index (Phi) is 6.28. The van der Waals surface area contributed by atoms with Gasteiger partial charge in [-0.3, -0.25) is 25.3 Å². The monoisotopic (exact) mass is 446 g/mol. The predicted octanol–water partition coefficient (Wildman–Crippen LogP) is 4.44. The summed E-state index contributed by atoms with van der Waals surface area (Å²) in [6.45, 7) is 0. The standard InChI is InChI=1S/C21H14N6O4S/c28-18(15-5-4-12-22-13-15)20(25-23-16-6-2-1-3-7-16)32-21-26-24-19(31-21)14-8-10-17(11-9-14)27(29)30/h1-13,23H. The summed E-state index contributed by atoms with van der Waals surface area (Å²) in [4.78, 5) is 27.3. The van der Waals surface area contributed by atoms with Gasteiger partial charge in [-0.15, -0.1) is 10.2 Å². The van der Waals surface area contributed by atoms with E-state index in [0.29, 0.717) is 16.8 Å². The molecule has 32 heavy (non-hydrogen) atoms. The lowest BCUT2D eigenvalue weighted by molar-refractivity contribution is -0.384. The Labute approximate surface area is 185 Å². The highest BCUT2D eigenvalue weighted by molar-refractivity contribution is 8.15.